The molecule has 2 N–H and O–H groups in total. The number of nitrogens with zero attached hydrogens (tertiary/aromatic N) is 3. The van der Waals surface area contributed by atoms with Gasteiger partial charge in [0.2, 0.25) is 0 Å². The molecular formula is C24H26F3N5O. The number of nitrogens with one attached hydrogen (secondary N) is 2. The molecule has 6 nitrogen and oxygen atoms in total. The van der Waals surface area contributed by atoms with E-state index in [0.717, 1.165) is 34.3 Å². The molecule has 33 heavy (non-hydrogen) atoms. The van der Waals surface area contributed by atoms with Gasteiger partial charge in [-0.25, -0.2) is 9.78 Å². The molecule has 1 saturated heterocycles. The summed E-state index contributed by atoms with van der Waals surface area (Å²) in [5.74, 6) is 0.320. The number of benzene rings is 1. The fourth-order valence-electron chi connectivity index (χ4n) is 4.28. The van der Waals surface area contributed by atoms with E-state index < -0.39 is 11.7 Å². The molecule has 1 aliphatic heterocycles. The molecule has 1 aliphatic rings. The third-order valence-electron chi connectivity index (χ3n) is 5.86. The van der Waals surface area contributed by atoms with Crippen molar-refractivity contribution >= 4 is 28.3 Å². The van der Waals surface area contributed by atoms with Crippen LogP contribution in [0.2, 0.25) is 0 Å². The molecule has 1 aromatic carbocycles. The third-order valence-corrected chi connectivity index (χ3v) is 5.86. The number of piperidine rings is 1. The normalized spacial score (nSPS) is 15.0. The van der Waals surface area contributed by atoms with Crippen LogP contribution in [0.5, 0.6) is 0 Å². The predicted molar refractivity (Wildman–Crippen MR) is 123 cm³/mol. The molecule has 0 atom stereocenters. The molecule has 0 radical (unpaired) electrons. The first-order chi connectivity index (χ1) is 15.6. The van der Waals surface area contributed by atoms with Crippen LogP contribution in [0.25, 0.3) is 10.8 Å². The molecule has 0 aliphatic carbocycles. The molecule has 174 valence electrons. The maximum Gasteiger partial charge on any atom is 0.416 e. The number of halogens is 3. The van der Waals surface area contributed by atoms with Crippen LogP contribution in [-0.2, 0) is 6.18 Å². The van der Waals surface area contributed by atoms with Gasteiger partial charge in [0, 0.05) is 47.0 Å². The number of pyridine rings is 2. The molecule has 1 fully saturated rings. The molecule has 4 rings (SSSR count). The average Bonchev–Trinajstić information content (AvgIpc) is 2.74. The van der Waals surface area contributed by atoms with Gasteiger partial charge in [-0.2, -0.15) is 13.2 Å². The van der Waals surface area contributed by atoms with E-state index in [9.17, 15) is 18.0 Å². The molecule has 0 saturated carbocycles. The average molecular weight is 458 g/mol. The number of aromatic nitrogens is 2. The number of urea groups is 1. The topological polar surface area (TPSA) is 70.2 Å². The second kappa shape index (κ2) is 8.88. The summed E-state index contributed by atoms with van der Waals surface area (Å²) < 4.78 is 39.4. The first kappa shape index (κ1) is 22.8. The van der Waals surface area contributed by atoms with Crippen molar-refractivity contribution in [1.29, 1.82) is 0 Å². The molecule has 0 bridgehead atoms. The minimum Gasteiger partial charge on any atom is -0.356 e. The second-order valence-corrected chi connectivity index (χ2v) is 8.46. The SMILES string of the molecule is Cc1cc(C(F)(F)F)cc(N2CCC(NC(=O)Nc3cccc4c(C)nc(C)cc34)CC2)n1. The van der Waals surface area contributed by atoms with Crippen molar-refractivity contribution in [3.05, 3.63) is 59.0 Å². The molecule has 2 aromatic heterocycles. The van der Waals surface area contributed by atoms with Crippen LogP contribution in [0, 0.1) is 20.8 Å². The number of alkyl halides is 3. The molecule has 9 heteroatoms. The van der Waals surface area contributed by atoms with Gasteiger partial charge in [-0.3, -0.25) is 4.98 Å². The minimum atomic E-state index is -4.41. The highest BCUT2D eigenvalue weighted by molar-refractivity contribution is 6.02. The van der Waals surface area contributed by atoms with Gasteiger partial charge in [-0.1, -0.05) is 12.1 Å². The molecule has 3 aromatic rings. The van der Waals surface area contributed by atoms with E-state index in [1.165, 1.54) is 0 Å². The van der Waals surface area contributed by atoms with Gasteiger partial charge >= 0.3 is 12.2 Å². The number of rotatable bonds is 3. The van der Waals surface area contributed by atoms with Crippen molar-refractivity contribution < 1.29 is 18.0 Å². The van der Waals surface area contributed by atoms with E-state index in [-0.39, 0.29) is 12.1 Å². The minimum absolute atomic E-state index is 0.0757. The van der Waals surface area contributed by atoms with Crippen LogP contribution in [-0.4, -0.2) is 35.1 Å². The third kappa shape index (κ3) is 5.18. The zero-order valence-corrected chi connectivity index (χ0v) is 18.8. The van der Waals surface area contributed by atoms with Crippen LogP contribution >= 0.6 is 0 Å². The highest BCUT2D eigenvalue weighted by Crippen LogP contribution is 2.32. The maximum atomic E-state index is 13.1. The molecule has 2 amide bonds. The van der Waals surface area contributed by atoms with Gasteiger partial charge < -0.3 is 15.5 Å². The van der Waals surface area contributed by atoms with E-state index in [1.807, 2.05) is 43.0 Å². The quantitative estimate of drug-likeness (QED) is 0.555. The largest absolute Gasteiger partial charge is 0.416 e. The highest BCUT2D eigenvalue weighted by atomic mass is 19.4. The summed E-state index contributed by atoms with van der Waals surface area (Å²) in [5, 5.41) is 7.83. The number of aryl methyl sites for hydroxylation is 3. The Morgan fingerprint density at radius 1 is 1.00 bits per heavy atom. The Morgan fingerprint density at radius 3 is 2.39 bits per heavy atom. The van der Waals surface area contributed by atoms with Gasteiger partial charge in [0.1, 0.15) is 5.82 Å². The lowest BCUT2D eigenvalue weighted by Gasteiger charge is -2.33. The first-order valence-corrected chi connectivity index (χ1v) is 10.9. The Labute approximate surface area is 190 Å². The fraction of sp³-hybridized carbons (Fsp3) is 0.375. The van der Waals surface area contributed by atoms with E-state index in [4.69, 9.17) is 0 Å². The Hall–Kier alpha value is -3.36. The Morgan fingerprint density at radius 2 is 1.70 bits per heavy atom. The van der Waals surface area contributed by atoms with Crippen molar-refractivity contribution in [2.45, 2.75) is 45.8 Å². The Balaban J connectivity index is 1.39. The summed E-state index contributed by atoms with van der Waals surface area (Å²) in [4.78, 5) is 23.2. The van der Waals surface area contributed by atoms with Crippen molar-refractivity contribution in [2.75, 3.05) is 23.3 Å². The molecule has 3 heterocycles. The summed E-state index contributed by atoms with van der Waals surface area (Å²) in [6, 6.07) is 9.41. The number of amides is 2. The van der Waals surface area contributed by atoms with E-state index in [0.29, 0.717) is 43.1 Å². The van der Waals surface area contributed by atoms with E-state index in [2.05, 4.69) is 20.6 Å². The van der Waals surface area contributed by atoms with Gasteiger partial charge in [0.15, 0.2) is 0 Å². The van der Waals surface area contributed by atoms with Gasteiger partial charge in [-0.15, -0.1) is 0 Å². The Bertz CT molecular complexity index is 1190. The van der Waals surface area contributed by atoms with Crippen molar-refractivity contribution in [3.63, 3.8) is 0 Å². The summed E-state index contributed by atoms with van der Waals surface area (Å²) in [6.07, 6.45) is -3.18. The van der Waals surface area contributed by atoms with Crippen LogP contribution in [0.15, 0.2) is 36.4 Å². The predicted octanol–water partition coefficient (Wildman–Crippen LogP) is 5.36. The summed E-state index contributed by atoms with van der Waals surface area (Å²) in [5.41, 5.74) is 2.12. The van der Waals surface area contributed by atoms with Gasteiger partial charge in [0.25, 0.3) is 0 Å². The summed E-state index contributed by atoms with van der Waals surface area (Å²) >= 11 is 0. The number of hydrogen-bond donors (Lipinski definition) is 2. The molecular weight excluding hydrogens is 431 g/mol. The molecule has 0 spiro atoms. The number of carbonyl (C=O) groups excluding carboxylic acids is 1. The number of hydrogen-bond acceptors (Lipinski definition) is 4. The maximum absolute atomic E-state index is 13.1. The summed E-state index contributed by atoms with van der Waals surface area (Å²) in [7, 11) is 0. The molecule has 0 unspecified atom stereocenters. The highest BCUT2D eigenvalue weighted by Gasteiger charge is 2.32. The zero-order chi connectivity index (χ0) is 23.8. The fourth-order valence-corrected chi connectivity index (χ4v) is 4.28. The Kier molecular flexibility index (Phi) is 6.14. The smallest absolute Gasteiger partial charge is 0.356 e. The van der Waals surface area contributed by atoms with Crippen molar-refractivity contribution in [2.24, 2.45) is 0 Å². The number of carbonyl (C=O) groups is 1. The lowest BCUT2D eigenvalue weighted by Crippen LogP contribution is -2.46. The lowest BCUT2D eigenvalue weighted by atomic mass is 10.0. The van der Waals surface area contributed by atoms with Crippen LogP contribution in [0.3, 0.4) is 0 Å². The summed E-state index contributed by atoms with van der Waals surface area (Å²) in [6.45, 7) is 6.43. The number of fused-ring (bicyclic) bond motifs is 1. The van der Waals surface area contributed by atoms with Crippen LogP contribution < -0.4 is 15.5 Å². The number of anilines is 2. The van der Waals surface area contributed by atoms with Gasteiger partial charge in [-0.05, 0) is 57.9 Å². The lowest BCUT2D eigenvalue weighted by molar-refractivity contribution is -0.137. The van der Waals surface area contributed by atoms with Crippen LogP contribution in [0.4, 0.5) is 29.5 Å². The monoisotopic (exact) mass is 457 g/mol. The van der Waals surface area contributed by atoms with Gasteiger partial charge in [0.05, 0.1) is 11.3 Å². The standard InChI is InChI=1S/C24H26F3N5O/c1-14-11-17(24(25,26)27)13-22(29-14)32-9-7-18(8-10-32)30-23(33)31-21-6-4-5-19-16(3)28-15(2)12-20(19)21/h4-6,11-13,18H,7-10H2,1-3H3,(H2,30,31,33). The van der Waals surface area contributed by atoms with Crippen molar-refractivity contribution in [3.8, 4) is 0 Å². The van der Waals surface area contributed by atoms with E-state index >= 15 is 0 Å². The second-order valence-electron chi connectivity index (χ2n) is 8.46. The first-order valence-electron chi connectivity index (χ1n) is 10.9. The van der Waals surface area contributed by atoms with Crippen molar-refractivity contribution in [1.82, 2.24) is 15.3 Å². The van der Waals surface area contributed by atoms with Crippen LogP contribution in [0.1, 0.15) is 35.5 Å². The van der Waals surface area contributed by atoms with E-state index in [1.54, 1.807) is 6.92 Å². The zero-order valence-electron chi connectivity index (χ0n) is 18.8.